The van der Waals surface area contributed by atoms with Crippen LogP contribution in [0, 0.1) is 5.92 Å². The zero-order valence-electron chi connectivity index (χ0n) is 20.7. The van der Waals surface area contributed by atoms with E-state index in [0.717, 1.165) is 42.9 Å². The van der Waals surface area contributed by atoms with Crippen LogP contribution in [0.2, 0.25) is 0 Å². The summed E-state index contributed by atoms with van der Waals surface area (Å²) in [6, 6.07) is 25.1. The summed E-state index contributed by atoms with van der Waals surface area (Å²) in [5, 5.41) is 2.99. The van der Waals surface area contributed by atoms with Crippen molar-refractivity contribution in [3.8, 4) is 11.5 Å². The molecule has 1 heterocycles. The van der Waals surface area contributed by atoms with Crippen LogP contribution in [-0.4, -0.2) is 35.8 Å². The van der Waals surface area contributed by atoms with E-state index in [2.05, 4.69) is 10.2 Å². The van der Waals surface area contributed by atoms with E-state index in [9.17, 15) is 9.59 Å². The molecule has 1 N–H and O–H groups in total. The van der Waals surface area contributed by atoms with E-state index in [1.165, 1.54) is 25.7 Å². The summed E-state index contributed by atoms with van der Waals surface area (Å²) >= 11 is 0. The highest BCUT2D eigenvalue weighted by Gasteiger charge is 2.35. The molecule has 186 valence electrons. The number of para-hydroxylation sites is 1. The highest BCUT2D eigenvalue weighted by Crippen LogP contribution is 2.36. The number of hydrogen-bond donors (Lipinski definition) is 1. The SMILES string of the molecule is O=C(NCCc1ccc(Oc2ccccc2)cc1)c1ccc(C(=O)N2CCC[C@@H]3CCCC[C@@H]32)cc1. The fourth-order valence-corrected chi connectivity index (χ4v) is 5.58. The first-order chi connectivity index (χ1) is 17.7. The number of nitrogens with one attached hydrogen (secondary N) is 1. The smallest absolute Gasteiger partial charge is 0.254 e. The molecule has 2 amide bonds. The molecule has 2 atom stereocenters. The number of fused-ring (bicyclic) bond motifs is 1. The Morgan fingerprint density at radius 1 is 0.778 bits per heavy atom. The number of piperidine rings is 1. The standard InChI is InChI=1S/C31H34N2O3/c34-30(32-21-20-23-12-18-28(19-13-23)36-27-9-2-1-3-10-27)25-14-16-26(17-15-25)31(35)33-22-6-8-24-7-4-5-11-29(24)33/h1-3,9-10,12-19,24,29H,4-8,11,20-22H2,(H,32,34)/t24-,29-/m0/s1. The second-order valence-electron chi connectivity index (χ2n) is 9.89. The lowest BCUT2D eigenvalue weighted by Gasteiger charge is -2.44. The fourth-order valence-electron chi connectivity index (χ4n) is 5.58. The minimum atomic E-state index is -0.122. The van der Waals surface area contributed by atoms with Gasteiger partial charge in [0, 0.05) is 30.3 Å². The van der Waals surface area contributed by atoms with E-state index in [1.54, 1.807) is 24.3 Å². The van der Waals surface area contributed by atoms with Gasteiger partial charge in [0.25, 0.3) is 11.8 Å². The Labute approximate surface area is 213 Å². The van der Waals surface area contributed by atoms with Crippen LogP contribution in [0.25, 0.3) is 0 Å². The lowest BCUT2D eigenvalue weighted by molar-refractivity contribution is 0.0390. The van der Waals surface area contributed by atoms with Gasteiger partial charge in [-0.05, 0) is 92.1 Å². The third kappa shape index (κ3) is 5.78. The summed E-state index contributed by atoms with van der Waals surface area (Å²) in [6.45, 7) is 1.39. The van der Waals surface area contributed by atoms with E-state index in [0.29, 0.717) is 29.6 Å². The molecule has 5 nitrogen and oxygen atoms in total. The molecule has 3 aromatic carbocycles. The average Bonchev–Trinajstić information content (AvgIpc) is 2.94. The molecule has 1 aliphatic carbocycles. The van der Waals surface area contributed by atoms with Gasteiger partial charge in [-0.2, -0.15) is 0 Å². The summed E-state index contributed by atoms with van der Waals surface area (Å²) in [5.41, 5.74) is 2.38. The van der Waals surface area contributed by atoms with Crippen molar-refractivity contribution in [1.82, 2.24) is 10.2 Å². The van der Waals surface area contributed by atoms with Crippen molar-refractivity contribution in [2.24, 2.45) is 5.92 Å². The van der Waals surface area contributed by atoms with E-state index < -0.39 is 0 Å². The van der Waals surface area contributed by atoms with E-state index in [1.807, 2.05) is 54.6 Å². The first-order valence-electron chi connectivity index (χ1n) is 13.2. The van der Waals surface area contributed by atoms with Gasteiger partial charge in [0.05, 0.1) is 0 Å². The molecule has 0 bridgehead atoms. The van der Waals surface area contributed by atoms with E-state index >= 15 is 0 Å². The minimum Gasteiger partial charge on any atom is -0.457 e. The molecule has 0 aromatic heterocycles. The van der Waals surface area contributed by atoms with Crippen molar-refractivity contribution in [3.63, 3.8) is 0 Å². The van der Waals surface area contributed by atoms with Crippen LogP contribution >= 0.6 is 0 Å². The lowest BCUT2D eigenvalue weighted by Crippen LogP contribution is -2.49. The molecule has 1 saturated carbocycles. The van der Waals surface area contributed by atoms with Crippen LogP contribution in [0.3, 0.4) is 0 Å². The van der Waals surface area contributed by atoms with Crippen LogP contribution in [0.1, 0.15) is 64.8 Å². The molecular formula is C31H34N2O3. The maximum Gasteiger partial charge on any atom is 0.254 e. The maximum atomic E-state index is 13.2. The van der Waals surface area contributed by atoms with Crippen LogP contribution < -0.4 is 10.1 Å². The largest absolute Gasteiger partial charge is 0.457 e. The zero-order chi connectivity index (χ0) is 24.7. The van der Waals surface area contributed by atoms with Gasteiger partial charge in [0.2, 0.25) is 0 Å². The first kappa shape index (κ1) is 24.1. The van der Waals surface area contributed by atoms with Crippen molar-refractivity contribution in [1.29, 1.82) is 0 Å². The molecule has 5 rings (SSSR count). The van der Waals surface area contributed by atoms with Crippen molar-refractivity contribution in [2.75, 3.05) is 13.1 Å². The van der Waals surface area contributed by atoms with Crippen LogP contribution in [0.4, 0.5) is 0 Å². The minimum absolute atomic E-state index is 0.109. The number of nitrogens with zero attached hydrogens (tertiary/aromatic N) is 1. The third-order valence-corrected chi connectivity index (χ3v) is 7.50. The Hall–Kier alpha value is -3.60. The Bertz CT molecular complexity index is 1160. The monoisotopic (exact) mass is 482 g/mol. The summed E-state index contributed by atoms with van der Waals surface area (Å²) in [5.74, 6) is 2.24. The summed E-state index contributed by atoms with van der Waals surface area (Å²) in [4.78, 5) is 27.9. The van der Waals surface area contributed by atoms with Crippen LogP contribution in [0.15, 0.2) is 78.9 Å². The lowest BCUT2D eigenvalue weighted by atomic mass is 9.78. The molecule has 3 aromatic rings. The number of benzene rings is 3. The molecule has 2 aliphatic rings. The molecule has 5 heteroatoms. The molecule has 1 aliphatic heterocycles. The number of carbonyl (C=O) groups excluding carboxylic acids is 2. The van der Waals surface area contributed by atoms with Gasteiger partial charge in [-0.3, -0.25) is 9.59 Å². The number of rotatable bonds is 7. The second kappa shape index (κ2) is 11.4. The van der Waals surface area contributed by atoms with Gasteiger partial charge in [-0.15, -0.1) is 0 Å². The fraction of sp³-hybridized carbons (Fsp3) is 0.355. The number of carbonyl (C=O) groups is 2. The Kier molecular flexibility index (Phi) is 7.65. The molecule has 2 fully saturated rings. The zero-order valence-corrected chi connectivity index (χ0v) is 20.7. The van der Waals surface area contributed by atoms with E-state index in [4.69, 9.17) is 4.74 Å². The van der Waals surface area contributed by atoms with Gasteiger partial charge in [-0.1, -0.05) is 43.2 Å². The van der Waals surface area contributed by atoms with Crippen molar-refractivity contribution >= 4 is 11.8 Å². The van der Waals surface area contributed by atoms with Gasteiger partial charge in [0.1, 0.15) is 11.5 Å². The number of hydrogen-bond acceptors (Lipinski definition) is 3. The molecular weight excluding hydrogens is 448 g/mol. The molecule has 36 heavy (non-hydrogen) atoms. The molecule has 0 spiro atoms. The Morgan fingerprint density at radius 2 is 1.44 bits per heavy atom. The molecule has 0 unspecified atom stereocenters. The Balaban J connectivity index is 1.11. The highest BCUT2D eigenvalue weighted by atomic mass is 16.5. The van der Waals surface area contributed by atoms with Crippen LogP contribution in [0.5, 0.6) is 11.5 Å². The second-order valence-corrected chi connectivity index (χ2v) is 9.89. The summed E-state index contributed by atoms with van der Waals surface area (Å²) in [6.07, 6.45) is 7.95. The number of ether oxygens (including phenoxy) is 1. The Morgan fingerprint density at radius 3 is 2.22 bits per heavy atom. The molecule has 0 radical (unpaired) electrons. The van der Waals surface area contributed by atoms with E-state index in [-0.39, 0.29) is 11.8 Å². The summed E-state index contributed by atoms with van der Waals surface area (Å²) < 4.78 is 5.83. The summed E-state index contributed by atoms with van der Waals surface area (Å²) in [7, 11) is 0. The third-order valence-electron chi connectivity index (χ3n) is 7.50. The topological polar surface area (TPSA) is 58.6 Å². The number of amides is 2. The average molecular weight is 483 g/mol. The predicted molar refractivity (Wildman–Crippen MR) is 141 cm³/mol. The van der Waals surface area contributed by atoms with Crippen molar-refractivity contribution in [3.05, 3.63) is 95.6 Å². The quantitative estimate of drug-likeness (QED) is 0.433. The van der Waals surface area contributed by atoms with Gasteiger partial charge in [0.15, 0.2) is 0 Å². The van der Waals surface area contributed by atoms with Gasteiger partial charge in [-0.25, -0.2) is 0 Å². The molecule has 1 saturated heterocycles. The van der Waals surface area contributed by atoms with Crippen molar-refractivity contribution in [2.45, 2.75) is 51.0 Å². The predicted octanol–water partition coefficient (Wildman–Crippen LogP) is 6.25. The van der Waals surface area contributed by atoms with Crippen LogP contribution in [-0.2, 0) is 6.42 Å². The normalized spacial score (nSPS) is 19.3. The van der Waals surface area contributed by atoms with Gasteiger partial charge < -0.3 is 15.0 Å². The van der Waals surface area contributed by atoms with Crippen molar-refractivity contribution < 1.29 is 14.3 Å². The number of likely N-dealkylation sites (tertiary alicyclic amines) is 1. The van der Waals surface area contributed by atoms with Gasteiger partial charge >= 0.3 is 0 Å². The maximum absolute atomic E-state index is 13.2. The highest BCUT2D eigenvalue weighted by molar-refractivity contribution is 5.98. The first-order valence-corrected chi connectivity index (χ1v) is 13.2.